The van der Waals surface area contributed by atoms with Gasteiger partial charge in [-0.05, 0) is 55.3 Å². The van der Waals surface area contributed by atoms with Gasteiger partial charge >= 0.3 is 0 Å². The van der Waals surface area contributed by atoms with Crippen LogP contribution in [0, 0.1) is 13.8 Å². The average molecular weight is 321 g/mol. The summed E-state index contributed by atoms with van der Waals surface area (Å²) >= 11 is 3.42. The molecule has 0 spiro atoms. The zero-order valence-electron chi connectivity index (χ0n) is 11.6. The van der Waals surface area contributed by atoms with Gasteiger partial charge in [0, 0.05) is 11.6 Å². The van der Waals surface area contributed by atoms with Gasteiger partial charge in [-0.3, -0.25) is 9.48 Å². The molecule has 0 amide bonds. The second-order valence-electron chi connectivity index (χ2n) is 5.03. The van der Waals surface area contributed by atoms with Crippen molar-refractivity contribution in [1.29, 1.82) is 0 Å². The quantitative estimate of drug-likeness (QED) is 0.799. The van der Waals surface area contributed by atoms with Crippen LogP contribution in [0.1, 0.15) is 47.1 Å². The number of benzene rings is 1. The molecule has 1 aromatic carbocycles. The molecule has 100 valence electrons. The van der Waals surface area contributed by atoms with E-state index >= 15 is 0 Å². The average Bonchev–Trinajstić information content (AvgIpc) is 2.73. The second kappa shape index (κ2) is 5.29. The maximum absolute atomic E-state index is 12.7. The van der Waals surface area contributed by atoms with Crippen molar-refractivity contribution in [2.75, 3.05) is 0 Å². The van der Waals surface area contributed by atoms with Crippen LogP contribution in [0.4, 0.5) is 0 Å². The van der Waals surface area contributed by atoms with Gasteiger partial charge in [-0.2, -0.15) is 5.10 Å². The highest BCUT2D eigenvalue weighted by Gasteiger charge is 2.21. The Bertz CT molecular complexity index is 629. The Labute approximate surface area is 121 Å². The van der Waals surface area contributed by atoms with Crippen molar-refractivity contribution in [1.82, 2.24) is 9.78 Å². The van der Waals surface area contributed by atoms with E-state index in [4.69, 9.17) is 0 Å². The molecular formula is C15H17BrN2O. The molecule has 0 aliphatic carbocycles. The van der Waals surface area contributed by atoms with Gasteiger partial charge in [-0.15, -0.1) is 0 Å². The van der Waals surface area contributed by atoms with Gasteiger partial charge in [0.2, 0.25) is 5.78 Å². The molecule has 19 heavy (non-hydrogen) atoms. The highest BCUT2D eigenvalue weighted by Crippen LogP contribution is 2.24. The fraction of sp³-hybridized carbons (Fsp3) is 0.333. The molecule has 0 N–H and O–H groups in total. The Balaban J connectivity index is 2.56. The maximum atomic E-state index is 12.7. The third-order valence-corrected chi connectivity index (χ3v) is 3.67. The normalized spacial score (nSPS) is 11.1. The van der Waals surface area contributed by atoms with E-state index < -0.39 is 0 Å². The standard InChI is InChI=1S/C15H17BrN2O/c1-9(2)18-14(13(16)8-17-18)15(19)12-7-10(3)5-6-11(12)4/h5-9H,1-4H3. The van der Waals surface area contributed by atoms with Gasteiger partial charge in [-0.25, -0.2) is 0 Å². The van der Waals surface area contributed by atoms with Gasteiger partial charge in [-0.1, -0.05) is 17.7 Å². The predicted octanol–water partition coefficient (Wildman–Crippen LogP) is 4.07. The first-order valence-electron chi connectivity index (χ1n) is 6.26. The Hall–Kier alpha value is -1.42. The third-order valence-electron chi connectivity index (χ3n) is 3.09. The minimum absolute atomic E-state index is 0.0132. The summed E-state index contributed by atoms with van der Waals surface area (Å²) in [6.45, 7) is 7.97. The Morgan fingerprint density at radius 2 is 2.00 bits per heavy atom. The number of nitrogens with zero attached hydrogens (tertiary/aromatic N) is 2. The lowest BCUT2D eigenvalue weighted by Crippen LogP contribution is -2.15. The molecule has 0 atom stereocenters. The van der Waals surface area contributed by atoms with Crippen molar-refractivity contribution in [2.45, 2.75) is 33.7 Å². The summed E-state index contributed by atoms with van der Waals surface area (Å²) in [5, 5.41) is 4.26. The van der Waals surface area contributed by atoms with Crippen LogP contribution in [-0.4, -0.2) is 15.6 Å². The molecule has 2 aromatic rings. The lowest BCUT2D eigenvalue weighted by atomic mass is 10.00. The lowest BCUT2D eigenvalue weighted by Gasteiger charge is -2.12. The number of hydrogen-bond donors (Lipinski definition) is 0. The summed E-state index contributed by atoms with van der Waals surface area (Å²) < 4.78 is 2.50. The topological polar surface area (TPSA) is 34.9 Å². The summed E-state index contributed by atoms with van der Waals surface area (Å²) in [5.74, 6) is 0.0132. The second-order valence-corrected chi connectivity index (χ2v) is 5.88. The smallest absolute Gasteiger partial charge is 0.212 e. The monoisotopic (exact) mass is 320 g/mol. The molecule has 3 nitrogen and oxygen atoms in total. The van der Waals surface area contributed by atoms with Crippen molar-refractivity contribution >= 4 is 21.7 Å². The number of hydrogen-bond acceptors (Lipinski definition) is 2. The predicted molar refractivity (Wildman–Crippen MR) is 79.7 cm³/mol. The molecule has 0 aliphatic heterocycles. The van der Waals surface area contributed by atoms with Crippen molar-refractivity contribution in [2.24, 2.45) is 0 Å². The first kappa shape index (κ1) is 14.0. The Morgan fingerprint density at radius 3 is 2.63 bits per heavy atom. The highest BCUT2D eigenvalue weighted by molar-refractivity contribution is 9.10. The number of aromatic nitrogens is 2. The molecule has 0 bridgehead atoms. The molecule has 0 saturated carbocycles. The fourth-order valence-electron chi connectivity index (χ4n) is 2.05. The number of aryl methyl sites for hydroxylation is 2. The van der Waals surface area contributed by atoms with Crippen LogP contribution in [0.15, 0.2) is 28.9 Å². The van der Waals surface area contributed by atoms with Crippen LogP contribution in [0.5, 0.6) is 0 Å². The lowest BCUT2D eigenvalue weighted by molar-refractivity contribution is 0.102. The van der Waals surface area contributed by atoms with Gasteiger partial charge < -0.3 is 0 Å². The van der Waals surface area contributed by atoms with Gasteiger partial charge in [0.25, 0.3) is 0 Å². The molecule has 0 saturated heterocycles. The molecule has 1 aromatic heterocycles. The van der Waals surface area contributed by atoms with Crippen LogP contribution in [0.25, 0.3) is 0 Å². The van der Waals surface area contributed by atoms with E-state index in [1.54, 1.807) is 10.9 Å². The zero-order chi connectivity index (χ0) is 14.2. The molecule has 0 fully saturated rings. The largest absolute Gasteiger partial charge is 0.287 e. The van der Waals surface area contributed by atoms with Gasteiger partial charge in [0.05, 0.1) is 10.7 Å². The van der Waals surface area contributed by atoms with Crippen LogP contribution in [0.2, 0.25) is 0 Å². The minimum Gasteiger partial charge on any atom is -0.287 e. The number of carbonyl (C=O) groups is 1. The van der Waals surface area contributed by atoms with E-state index in [1.165, 1.54) is 0 Å². The van der Waals surface area contributed by atoms with Crippen molar-refractivity contribution in [3.8, 4) is 0 Å². The number of rotatable bonds is 3. The minimum atomic E-state index is 0.0132. The van der Waals surface area contributed by atoms with Crippen molar-refractivity contribution in [3.05, 3.63) is 51.3 Å². The van der Waals surface area contributed by atoms with Crippen LogP contribution in [0.3, 0.4) is 0 Å². The molecule has 0 unspecified atom stereocenters. The highest BCUT2D eigenvalue weighted by atomic mass is 79.9. The molecule has 0 aliphatic rings. The van der Waals surface area contributed by atoms with Crippen molar-refractivity contribution < 1.29 is 4.79 Å². The molecule has 0 radical (unpaired) electrons. The third kappa shape index (κ3) is 2.63. The van der Waals surface area contributed by atoms with E-state index in [2.05, 4.69) is 21.0 Å². The van der Waals surface area contributed by atoms with Crippen LogP contribution in [-0.2, 0) is 0 Å². The van der Waals surface area contributed by atoms with E-state index in [0.29, 0.717) is 5.69 Å². The van der Waals surface area contributed by atoms with E-state index in [-0.39, 0.29) is 11.8 Å². The Kier molecular flexibility index (Phi) is 3.90. The van der Waals surface area contributed by atoms with Gasteiger partial charge in [0.1, 0.15) is 5.69 Å². The number of halogens is 1. The first-order valence-corrected chi connectivity index (χ1v) is 7.06. The maximum Gasteiger partial charge on any atom is 0.212 e. The van der Waals surface area contributed by atoms with E-state index in [0.717, 1.165) is 21.2 Å². The SMILES string of the molecule is Cc1ccc(C)c(C(=O)c2c(Br)cnn2C(C)C)c1. The molecule has 2 rings (SSSR count). The van der Waals surface area contributed by atoms with Crippen molar-refractivity contribution in [3.63, 3.8) is 0 Å². The van der Waals surface area contributed by atoms with E-state index in [9.17, 15) is 4.79 Å². The molecular weight excluding hydrogens is 304 g/mol. The summed E-state index contributed by atoms with van der Waals surface area (Å²) in [4.78, 5) is 12.7. The first-order chi connectivity index (χ1) is 8.91. The van der Waals surface area contributed by atoms with Crippen LogP contribution >= 0.6 is 15.9 Å². The summed E-state index contributed by atoms with van der Waals surface area (Å²) in [7, 11) is 0. The zero-order valence-corrected chi connectivity index (χ0v) is 13.2. The summed E-state index contributed by atoms with van der Waals surface area (Å²) in [5.41, 5.74) is 3.42. The molecule has 1 heterocycles. The van der Waals surface area contributed by atoms with Crippen LogP contribution < -0.4 is 0 Å². The Morgan fingerprint density at radius 1 is 1.32 bits per heavy atom. The fourth-order valence-corrected chi connectivity index (χ4v) is 2.51. The summed E-state index contributed by atoms with van der Waals surface area (Å²) in [6.07, 6.45) is 1.68. The van der Waals surface area contributed by atoms with Gasteiger partial charge in [0.15, 0.2) is 0 Å². The number of ketones is 1. The molecule has 4 heteroatoms. The summed E-state index contributed by atoms with van der Waals surface area (Å²) in [6, 6.07) is 6.07. The van der Waals surface area contributed by atoms with E-state index in [1.807, 2.05) is 45.9 Å². The number of carbonyl (C=O) groups excluding carboxylic acids is 1.